The molecule has 1 fully saturated rings. The maximum absolute atomic E-state index is 13.7. The van der Waals surface area contributed by atoms with E-state index in [1.54, 1.807) is 22.8 Å². The zero-order valence-corrected chi connectivity index (χ0v) is 23.5. The van der Waals surface area contributed by atoms with Gasteiger partial charge >= 0.3 is 6.18 Å². The Morgan fingerprint density at radius 2 is 1.88 bits per heavy atom. The molecule has 0 bridgehead atoms. The maximum Gasteiger partial charge on any atom is 0.436 e. The first-order valence-corrected chi connectivity index (χ1v) is 14.5. The molecular formula is C32H24ClF3N6O. The van der Waals surface area contributed by atoms with E-state index in [0.717, 1.165) is 53.4 Å². The third-order valence-electron chi connectivity index (χ3n) is 8.96. The second-order valence-electron chi connectivity index (χ2n) is 11.7. The number of alkyl halides is 3. The zero-order chi connectivity index (χ0) is 29.6. The van der Waals surface area contributed by atoms with E-state index < -0.39 is 11.9 Å². The SMILES string of the molecule is C=C1CCc2cc(C3=CN=C(C4C5CC5c5nc(-c6cc(Cl)ccc6-n6cc(C(F)(F)F)nn6)cc(=O)n54)C3)ccc2C1. The van der Waals surface area contributed by atoms with E-state index in [-0.39, 0.29) is 29.1 Å². The van der Waals surface area contributed by atoms with Crippen LogP contribution < -0.4 is 5.56 Å². The molecule has 7 nitrogen and oxygen atoms in total. The maximum atomic E-state index is 13.7. The highest BCUT2D eigenvalue weighted by Gasteiger charge is 2.55. The third-order valence-corrected chi connectivity index (χ3v) is 9.20. The standard InChI is InChI=1S/C32H24ClF3N6O/c1-16-2-3-18-9-19(5-4-17(18)8-16)20-10-26(37-14-20)30-22-12-23(22)31-38-25(13-29(43)42(30)31)24-11-21(33)6-7-27(24)41-15-28(39-40-41)32(34,35)36/h4-7,9,11,13-15,22-23,30H,1-3,8,10,12H2. The largest absolute Gasteiger partial charge is 0.436 e. The number of nitrogens with zero attached hydrogens (tertiary/aromatic N) is 6. The van der Waals surface area contributed by atoms with Gasteiger partial charge in [0, 0.05) is 40.9 Å². The average Bonchev–Trinajstić information content (AvgIpc) is 3.30. The smallest absolute Gasteiger partial charge is 0.287 e. The molecule has 11 heteroatoms. The summed E-state index contributed by atoms with van der Waals surface area (Å²) < 4.78 is 42.4. The Morgan fingerprint density at radius 1 is 1.02 bits per heavy atom. The summed E-state index contributed by atoms with van der Waals surface area (Å²) in [6.07, 6.45) is 2.60. The second kappa shape index (κ2) is 9.34. The number of rotatable bonds is 4. The van der Waals surface area contributed by atoms with Crippen molar-refractivity contribution in [3.05, 3.63) is 111 Å². The lowest BCUT2D eigenvalue weighted by Gasteiger charge is -2.20. The van der Waals surface area contributed by atoms with Crippen LogP contribution in [0.25, 0.3) is 22.5 Å². The molecule has 0 N–H and O–H groups in total. The Kier molecular flexibility index (Phi) is 5.72. The summed E-state index contributed by atoms with van der Waals surface area (Å²) in [6, 6.07) is 12.5. The van der Waals surface area contributed by atoms with E-state index in [1.165, 1.54) is 22.8 Å². The van der Waals surface area contributed by atoms with Gasteiger partial charge in [-0.2, -0.15) is 13.2 Å². The van der Waals surface area contributed by atoms with Gasteiger partial charge < -0.3 is 0 Å². The van der Waals surface area contributed by atoms with Gasteiger partial charge in [-0.1, -0.05) is 47.2 Å². The highest BCUT2D eigenvalue weighted by atomic mass is 35.5. The van der Waals surface area contributed by atoms with Gasteiger partial charge in [-0.15, -0.1) is 5.10 Å². The van der Waals surface area contributed by atoms with E-state index in [9.17, 15) is 18.0 Å². The summed E-state index contributed by atoms with van der Waals surface area (Å²) in [6.45, 7) is 4.14. The Morgan fingerprint density at radius 3 is 2.70 bits per heavy atom. The van der Waals surface area contributed by atoms with E-state index in [2.05, 4.69) is 35.1 Å². The Balaban J connectivity index is 1.11. The molecule has 1 saturated carbocycles. The van der Waals surface area contributed by atoms with Crippen molar-refractivity contribution in [3.8, 4) is 16.9 Å². The van der Waals surface area contributed by atoms with Crippen molar-refractivity contribution in [1.29, 1.82) is 0 Å². The molecule has 216 valence electrons. The van der Waals surface area contributed by atoms with Gasteiger partial charge in [0.15, 0.2) is 5.69 Å². The zero-order valence-electron chi connectivity index (χ0n) is 22.8. The first-order valence-electron chi connectivity index (χ1n) is 14.1. The van der Waals surface area contributed by atoms with Crippen molar-refractivity contribution in [2.45, 2.75) is 50.2 Å². The number of aliphatic imine (C=N–C) groups is 1. The monoisotopic (exact) mass is 600 g/mol. The van der Waals surface area contributed by atoms with Crippen molar-refractivity contribution in [2.24, 2.45) is 10.9 Å². The molecule has 2 aromatic carbocycles. The van der Waals surface area contributed by atoms with E-state index in [4.69, 9.17) is 21.6 Å². The second-order valence-corrected chi connectivity index (χ2v) is 12.2. The van der Waals surface area contributed by atoms with Crippen LogP contribution in [0.1, 0.15) is 59.4 Å². The van der Waals surface area contributed by atoms with Crippen molar-refractivity contribution in [3.63, 3.8) is 0 Å². The van der Waals surface area contributed by atoms with Crippen LogP contribution in [0.5, 0.6) is 0 Å². The van der Waals surface area contributed by atoms with Gasteiger partial charge in [-0.3, -0.25) is 14.4 Å². The number of aryl methyl sites for hydroxylation is 1. The number of hydrogen-bond acceptors (Lipinski definition) is 5. The van der Waals surface area contributed by atoms with E-state index >= 15 is 0 Å². The molecule has 3 unspecified atom stereocenters. The molecule has 8 rings (SSSR count). The molecule has 43 heavy (non-hydrogen) atoms. The van der Waals surface area contributed by atoms with Crippen LogP contribution in [0, 0.1) is 5.92 Å². The number of aromatic nitrogens is 5. The van der Waals surface area contributed by atoms with Crippen LogP contribution in [0.2, 0.25) is 5.02 Å². The topological polar surface area (TPSA) is 78.0 Å². The summed E-state index contributed by atoms with van der Waals surface area (Å²) in [7, 11) is 0. The minimum Gasteiger partial charge on any atom is -0.287 e. The molecule has 2 aromatic heterocycles. The number of fused-ring (bicyclic) bond motifs is 4. The predicted molar refractivity (Wildman–Crippen MR) is 156 cm³/mol. The molecule has 3 atom stereocenters. The van der Waals surface area contributed by atoms with Crippen LogP contribution in [0.15, 0.2) is 76.8 Å². The average molecular weight is 601 g/mol. The molecule has 4 heterocycles. The quantitative estimate of drug-likeness (QED) is 0.243. The molecule has 0 spiro atoms. The first kappa shape index (κ1) is 26.3. The fourth-order valence-electron chi connectivity index (χ4n) is 6.77. The lowest BCUT2D eigenvalue weighted by molar-refractivity contribution is -0.141. The minimum absolute atomic E-state index is 0.118. The van der Waals surface area contributed by atoms with Gasteiger partial charge in [-0.05, 0) is 72.1 Å². The van der Waals surface area contributed by atoms with Crippen molar-refractivity contribution < 1.29 is 13.2 Å². The normalized spacial score (nSPS) is 22.1. The molecular weight excluding hydrogens is 577 g/mol. The van der Waals surface area contributed by atoms with Crippen LogP contribution in [0.4, 0.5) is 13.2 Å². The lowest BCUT2D eigenvalue weighted by atomic mass is 9.86. The fraction of sp³-hybridized carbons (Fsp3) is 0.281. The number of hydrogen-bond donors (Lipinski definition) is 0. The van der Waals surface area contributed by atoms with Crippen molar-refractivity contribution in [1.82, 2.24) is 24.5 Å². The summed E-state index contributed by atoms with van der Waals surface area (Å²) in [5.41, 5.74) is 6.88. The van der Waals surface area contributed by atoms with Crippen molar-refractivity contribution in [2.75, 3.05) is 0 Å². The Hall–Kier alpha value is -4.31. The Bertz CT molecular complexity index is 1990. The summed E-state index contributed by atoms with van der Waals surface area (Å²) in [5, 5.41) is 7.30. The highest BCUT2D eigenvalue weighted by Crippen LogP contribution is 2.59. The number of allylic oxidation sites excluding steroid dienone is 2. The van der Waals surface area contributed by atoms with Crippen molar-refractivity contribution >= 4 is 22.9 Å². The van der Waals surface area contributed by atoms with Gasteiger partial charge in [0.25, 0.3) is 5.56 Å². The third kappa shape index (κ3) is 4.38. The van der Waals surface area contributed by atoms with Gasteiger partial charge in [-0.25, -0.2) is 9.67 Å². The summed E-state index contributed by atoms with van der Waals surface area (Å²) >= 11 is 6.28. The molecule has 2 aliphatic heterocycles. The lowest BCUT2D eigenvalue weighted by Crippen LogP contribution is -2.30. The molecule has 0 radical (unpaired) electrons. The van der Waals surface area contributed by atoms with Crippen LogP contribution in [-0.2, 0) is 19.0 Å². The minimum atomic E-state index is -4.64. The van der Waals surface area contributed by atoms with Crippen LogP contribution >= 0.6 is 11.6 Å². The number of benzene rings is 2. The highest BCUT2D eigenvalue weighted by molar-refractivity contribution is 6.31. The molecule has 0 amide bonds. The fourth-order valence-corrected chi connectivity index (χ4v) is 6.94. The van der Waals surface area contributed by atoms with Gasteiger partial charge in [0.2, 0.25) is 0 Å². The molecule has 2 aliphatic carbocycles. The van der Waals surface area contributed by atoms with Crippen LogP contribution in [0.3, 0.4) is 0 Å². The molecule has 4 aromatic rings. The first-order chi connectivity index (χ1) is 20.6. The molecule has 0 saturated heterocycles. The summed E-state index contributed by atoms with van der Waals surface area (Å²) in [5.74, 6) is 1.02. The summed E-state index contributed by atoms with van der Waals surface area (Å²) in [4.78, 5) is 23.4. The van der Waals surface area contributed by atoms with Crippen LogP contribution in [-0.4, -0.2) is 30.3 Å². The van der Waals surface area contributed by atoms with E-state index in [0.29, 0.717) is 28.5 Å². The number of halogens is 4. The predicted octanol–water partition coefficient (Wildman–Crippen LogP) is 6.75. The van der Waals surface area contributed by atoms with Gasteiger partial charge in [0.1, 0.15) is 5.82 Å². The van der Waals surface area contributed by atoms with Gasteiger partial charge in [0.05, 0.1) is 23.6 Å². The molecule has 4 aliphatic rings. The van der Waals surface area contributed by atoms with E-state index in [1.807, 2.05) is 6.20 Å². The Labute approximate surface area is 249 Å².